The predicted molar refractivity (Wildman–Crippen MR) is 27.4 cm³/mol. The minimum absolute atomic E-state index is 0.102. The highest BCUT2D eigenvalue weighted by Gasteiger charge is 2.22. The van der Waals surface area contributed by atoms with E-state index >= 15 is 0 Å². The molecule has 0 aromatic heterocycles. The molecule has 1 aliphatic heterocycles. The van der Waals surface area contributed by atoms with Gasteiger partial charge in [-0.3, -0.25) is 0 Å². The van der Waals surface area contributed by atoms with Gasteiger partial charge in [0, 0.05) is 13.5 Å². The van der Waals surface area contributed by atoms with Gasteiger partial charge in [0.1, 0.15) is 0 Å². The lowest BCUT2D eigenvalue weighted by molar-refractivity contribution is -0.0597. The molecule has 0 aliphatic carbocycles. The molecule has 1 saturated heterocycles. The molecule has 2 unspecified atom stereocenters. The summed E-state index contributed by atoms with van der Waals surface area (Å²) in [5.74, 6) is 0. The van der Waals surface area contributed by atoms with Gasteiger partial charge in [-0.05, 0) is 0 Å². The Labute approximate surface area is 48.2 Å². The van der Waals surface area contributed by atoms with Crippen LogP contribution in [-0.4, -0.2) is 31.2 Å². The first-order chi connectivity index (χ1) is 3.83. The Morgan fingerprint density at radius 2 is 2.50 bits per heavy atom. The topological polar surface area (TPSA) is 38.7 Å². The Hall–Kier alpha value is -0.120. The van der Waals surface area contributed by atoms with E-state index in [1.165, 1.54) is 0 Å². The Balaban J connectivity index is 2.22. The fourth-order valence-corrected chi connectivity index (χ4v) is 0.744. The third-order valence-corrected chi connectivity index (χ3v) is 1.27. The molecular formula is C5H10O3. The molecular weight excluding hydrogens is 108 g/mol. The smallest absolute Gasteiger partial charge is 0.157 e. The van der Waals surface area contributed by atoms with Crippen molar-refractivity contribution in [2.75, 3.05) is 13.7 Å². The molecule has 1 aliphatic rings. The number of hydrogen-bond donors (Lipinski definition) is 1. The lowest BCUT2D eigenvalue weighted by Gasteiger charge is -2.00. The van der Waals surface area contributed by atoms with Crippen LogP contribution in [0.25, 0.3) is 0 Å². The first kappa shape index (κ1) is 6.01. The molecule has 0 bridgehead atoms. The standard InChI is InChI=1S/C5H10O3/c1-7-4-2-5(6)8-3-4/h4-6H,2-3H2,1H3. The van der Waals surface area contributed by atoms with Gasteiger partial charge >= 0.3 is 0 Å². The van der Waals surface area contributed by atoms with Gasteiger partial charge in [0.2, 0.25) is 0 Å². The van der Waals surface area contributed by atoms with E-state index in [0.717, 1.165) is 0 Å². The van der Waals surface area contributed by atoms with Crippen molar-refractivity contribution in [2.24, 2.45) is 0 Å². The number of methoxy groups -OCH3 is 1. The molecule has 0 aromatic carbocycles. The minimum atomic E-state index is -0.597. The van der Waals surface area contributed by atoms with Crippen molar-refractivity contribution >= 4 is 0 Å². The van der Waals surface area contributed by atoms with Crippen LogP contribution in [0.1, 0.15) is 6.42 Å². The van der Waals surface area contributed by atoms with E-state index in [0.29, 0.717) is 13.0 Å². The lowest BCUT2D eigenvalue weighted by atomic mass is 10.3. The van der Waals surface area contributed by atoms with Gasteiger partial charge in [-0.2, -0.15) is 0 Å². The summed E-state index contributed by atoms with van der Waals surface area (Å²) in [6.45, 7) is 0.525. The van der Waals surface area contributed by atoms with Crippen LogP contribution in [0.15, 0.2) is 0 Å². The molecule has 0 radical (unpaired) electrons. The molecule has 1 rings (SSSR count). The van der Waals surface area contributed by atoms with Gasteiger partial charge in [-0.25, -0.2) is 0 Å². The average molecular weight is 118 g/mol. The second-order valence-electron chi connectivity index (χ2n) is 1.88. The average Bonchev–Trinajstić information content (AvgIpc) is 2.14. The number of rotatable bonds is 1. The number of aliphatic hydroxyl groups is 1. The van der Waals surface area contributed by atoms with Gasteiger partial charge in [-0.15, -0.1) is 0 Å². The van der Waals surface area contributed by atoms with Gasteiger partial charge < -0.3 is 14.6 Å². The highest BCUT2D eigenvalue weighted by atomic mass is 16.6. The molecule has 3 heteroatoms. The van der Waals surface area contributed by atoms with E-state index in [-0.39, 0.29) is 6.10 Å². The molecule has 8 heavy (non-hydrogen) atoms. The largest absolute Gasteiger partial charge is 0.379 e. The third kappa shape index (κ3) is 1.18. The summed E-state index contributed by atoms with van der Waals surface area (Å²) in [7, 11) is 1.62. The molecule has 0 aromatic rings. The summed E-state index contributed by atoms with van der Waals surface area (Å²) in [5, 5.41) is 8.73. The summed E-state index contributed by atoms with van der Waals surface area (Å²) in [5.41, 5.74) is 0. The minimum Gasteiger partial charge on any atom is -0.379 e. The van der Waals surface area contributed by atoms with Crippen molar-refractivity contribution in [1.29, 1.82) is 0 Å². The first-order valence-electron chi connectivity index (χ1n) is 2.65. The van der Waals surface area contributed by atoms with E-state index in [9.17, 15) is 0 Å². The highest BCUT2D eigenvalue weighted by Crippen LogP contribution is 2.12. The SMILES string of the molecule is COC1COC(O)C1. The van der Waals surface area contributed by atoms with E-state index in [2.05, 4.69) is 0 Å². The Kier molecular flexibility index (Phi) is 1.83. The van der Waals surface area contributed by atoms with Crippen LogP contribution in [0.3, 0.4) is 0 Å². The molecule has 1 fully saturated rings. The van der Waals surface area contributed by atoms with Crippen LogP contribution in [0.4, 0.5) is 0 Å². The zero-order valence-corrected chi connectivity index (χ0v) is 4.83. The second kappa shape index (κ2) is 2.44. The quantitative estimate of drug-likeness (QED) is 0.515. The van der Waals surface area contributed by atoms with Gasteiger partial charge in [-0.1, -0.05) is 0 Å². The van der Waals surface area contributed by atoms with Gasteiger partial charge in [0.05, 0.1) is 12.7 Å². The van der Waals surface area contributed by atoms with Gasteiger partial charge in [0.15, 0.2) is 6.29 Å². The van der Waals surface area contributed by atoms with Crippen LogP contribution in [0, 0.1) is 0 Å². The Morgan fingerprint density at radius 3 is 2.75 bits per heavy atom. The third-order valence-electron chi connectivity index (χ3n) is 1.27. The first-order valence-corrected chi connectivity index (χ1v) is 2.65. The molecule has 0 saturated carbocycles. The van der Waals surface area contributed by atoms with Crippen LogP contribution in [0.5, 0.6) is 0 Å². The highest BCUT2D eigenvalue weighted by molar-refractivity contribution is 4.64. The Morgan fingerprint density at radius 1 is 1.75 bits per heavy atom. The lowest BCUT2D eigenvalue weighted by Crippen LogP contribution is -2.09. The van der Waals surface area contributed by atoms with Crippen LogP contribution < -0.4 is 0 Å². The fourth-order valence-electron chi connectivity index (χ4n) is 0.744. The van der Waals surface area contributed by atoms with Crippen molar-refractivity contribution in [3.63, 3.8) is 0 Å². The van der Waals surface area contributed by atoms with Crippen molar-refractivity contribution in [1.82, 2.24) is 0 Å². The number of hydrogen-bond acceptors (Lipinski definition) is 3. The second-order valence-corrected chi connectivity index (χ2v) is 1.88. The maximum atomic E-state index is 8.73. The zero-order valence-electron chi connectivity index (χ0n) is 4.83. The summed E-state index contributed by atoms with van der Waals surface area (Å²) >= 11 is 0. The summed E-state index contributed by atoms with van der Waals surface area (Å²) in [4.78, 5) is 0. The number of ether oxygens (including phenoxy) is 2. The van der Waals surface area contributed by atoms with Crippen LogP contribution >= 0.6 is 0 Å². The zero-order chi connectivity index (χ0) is 5.98. The van der Waals surface area contributed by atoms with E-state index in [1.807, 2.05) is 0 Å². The van der Waals surface area contributed by atoms with Crippen molar-refractivity contribution in [3.05, 3.63) is 0 Å². The number of aliphatic hydroxyl groups excluding tert-OH is 1. The summed E-state index contributed by atoms with van der Waals surface area (Å²) in [6, 6.07) is 0. The van der Waals surface area contributed by atoms with E-state index in [1.54, 1.807) is 7.11 Å². The molecule has 48 valence electrons. The van der Waals surface area contributed by atoms with Crippen LogP contribution in [0.2, 0.25) is 0 Å². The maximum Gasteiger partial charge on any atom is 0.157 e. The van der Waals surface area contributed by atoms with E-state index < -0.39 is 6.29 Å². The molecule has 2 atom stereocenters. The van der Waals surface area contributed by atoms with Crippen LogP contribution in [-0.2, 0) is 9.47 Å². The summed E-state index contributed by atoms with van der Waals surface area (Å²) in [6.07, 6.45) is 0.112. The fraction of sp³-hybridized carbons (Fsp3) is 1.00. The maximum absolute atomic E-state index is 8.73. The molecule has 0 amide bonds. The van der Waals surface area contributed by atoms with E-state index in [4.69, 9.17) is 14.6 Å². The van der Waals surface area contributed by atoms with Gasteiger partial charge in [0.25, 0.3) is 0 Å². The molecule has 1 N–H and O–H groups in total. The predicted octanol–water partition coefficient (Wildman–Crippen LogP) is -0.260. The molecule has 1 heterocycles. The van der Waals surface area contributed by atoms with Crippen molar-refractivity contribution in [2.45, 2.75) is 18.8 Å². The monoisotopic (exact) mass is 118 g/mol. The molecule has 0 spiro atoms. The Bertz CT molecular complexity index is 74.1. The van der Waals surface area contributed by atoms with Crippen molar-refractivity contribution in [3.8, 4) is 0 Å². The normalized spacial score (nSPS) is 38.2. The molecule has 3 nitrogen and oxygen atoms in total. The van der Waals surface area contributed by atoms with Crippen molar-refractivity contribution < 1.29 is 14.6 Å². The summed E-state index contributed by atoms with van der Waals surface area (Å²) < 4.78 is 9.68.